The molecule has 0 bridgehead atoms. The zero-order chi connectivity index (χ0) is 20.6. The van der Waals surface area contributed by atoms with Crippen molar-refractivity contribution in [3.8, 4) is 0 Å². The summed E-state index contributed by atoms with van der Waals surface area (Å²) in [6.45, 7) is 0. The highest BCUT2D eigenvalue weighted by atomic mass is 32.2. The van der Waals surface area contributed by atoms with E-state index in [1.807, 2.05) is 12.1 Å². The molecule has 0 fully saturated rings. The van der Waals surface area contributed by atoms with Crippen molar-refractivity contribution >= 4 is 34.7 Å². The lowest BCUT2D eigenvalue weighted by Gasteiger charge is -2.06. The van der Waals surface area contributed by atoms with Gasteiger partial charge in [-0.15, -0.1) is 11.8 Å². The first-order valence-corrected chi connectivity index (χ1v) is 12.1. The van der Waals surface area contributed by atoms with Crippen LogP contribution in [0.15, 0.2) is 75.6 Å². The number of imidazole rings is 1. The maximum Gasteiger partial charge on any atom is 0.325 e. The van der Waals surface area contributed by atoms with Gasteiger partial charge in [0.1, 0.15) is 10.5 Å². The van der Waals surface area contributed by atoms with Gasteiger partial charge in [-0.05, 0) is 42.6 Å². The molecule has 2 heterocycles. The van der Waals surface area contributed by atoms with E-state index in [1.165, 1.54) is 11.1 Å². The van der Waals surface area contributed by atoms with E-state index in [2.05, 4.69) is 63.5 Å². The summed E-state index contributed by atoms with van der Waals surface area (Å²) in [6.07, 6.45) is 4.18. The normalized spacial score (nSPS) is 11.2. The summed E-state index contributed by atoms with van der Waals surface area (Å²) in [5.74, 6) is 1.87. The molecule has 0 saturated carbocycles. The van der Waals surface area contributed by atoms with Crippen LogP contribution in [0.3, 0.4) is 0 Å². The van der Waals surface area contributed by atoms with Gasteiger partial charge in [0.15, 0.2) is 10.8 Å². The van der Waals surface area contributed by atoms with Crippen LogP contribution in [0, 0.1) is 0 Å². The highest BCUT2D eigenvalue weighted by molar-refractivity contribution is 7.99. The summed E-state index contributed by atoms with van der Waals surface area (Å²) in [6, 6.07) is 21.0. The molecular weight excluding hydrogens is 412 g/mol. The second-order valence-electron chi connectivity index (χ2n) is 6.99. The Bertz CT molecular complexity index is 1130. The molecule has 7 heteroatoms. The number of benzene rings is 2. The van der Waals surface area contributed by atoms with Crippen LogP contribution in [-0.2, 0) is 12.8 Å². The summed E-state index contributed by atoms with van der Waals surface area (Å²) in [5.41, 5.74) is 3.75. The summed E-state index contributed by atoms with van der Waals surface area (Å²) < 4.78 is 0. The number of hydrogen-bond acceptors (Lipinski definition) is 5. The third-order valence-electron chi connectivity index (χ3n) is 4.70. The Balaban J connectivity index is 1.36. The van der Waals surface area contributed by atoms with Gasteiger partial charge in [-0.2, -0.15) is 0 Å². The molecule has 0 atom stereocenters. The Labute approximate surface area is 184 Å². The molecule has 154 valence electrons. The second kappa shape index (κ2) is 10.5. The Morgan fingerprint density at radius 2 is 1.33 bits per heavy atom. The number of hydrogen-bond donors (Lipinski definition) is 2. The smallest absolute Gasteiger partial charge is 0.302 e. The van der Waals surface area contributed by atoms with Crippen LogP contribution in [0.1, 0.15) is 24.0 Å². The minimum absolute atomic E-state index is 0.239. The molecule has 0 amide bonds. The minimum Gasteiger partial charge on any atom is -0.302 e. The van der Waals surface area contributed by atoms with E-state index in [1.54, 1.807) is 23.5 Å². The summed E-state index contributed by atoms with van der Waals surface area (Å²) in [7, 11) is 0. The molecule has 0 unspecified atom stereocenters. The fourth-order valence-corrected chi connectivity index (χ4v) is 4.99. The minimum atomic E-state index is -0.239. The molecule has 2 N–H and O–H groups in total. The molecule has 0 aliphatic carbocycles. The number of aromatic nitrogens is 4. The van der Waals surface area contributed by atoms with Crippen molar-refractivity contribution in [2.24, 2.45) is 0 Å². The van der Waals surface area contributed by atoms with Gasteiger partial charge >= 0.3 is 5.69 Å². The van der Waals surface area contributed by atoms with Crippen molar-refractivity contribution in [3.63, 3.8) is 0 Å². The topological polar surface area (TPSA) is 74.4 Å². The number of aryl methyl sites for hydroxylation is 2. The van der Waals surface area contributed by atoms with E-state index < -0.39 is 0 Å². The van der Waals surface area contributed by atoms with Crippen molar-refractivity contribution in [3.05, 3.63) is 82.3 Å². The lowest BCUT2D eigenvalue weighted by atomic mass is 10.1. The Morgan fingerprint density at radius 3 is 1.97 bits per heavy atom. The fourth-order valence-electron chi connectivity index (χ4n) is 3.22. The van der Waals surface area contributed by atoms with Gasteiger partial charge in [-0.1, -0.05) is 72.4 Å². The first-order chi connectivity index (χ1) is 14.8. The average Bonchev–Trinajstić information content (AvgIpc) is 3.16. The second-order valence-corrected chi connectivity index (χ2v) is 9.13. The van der Waals surface area contributed by atoms with Crippen molar-refractivity contribution in [2.75, 3.05) is 11.5 Å². The first kappa shape index (κ1) is 20.8. The van der Waals surface area contributed by atoms with Crippen LogP contribution in [0.25, 0.3) is 11.2 Å². The van der Waals surface area contributed by atoms with E-state index in [-0.39, 0.29) is 5.69 Å². The molecule has 0 radical (unpaired) electrons. The molecule has 2 aromatic carbocycles. The summed E-state index contributed by atoms with van der Waals surface area (Å²) in [5, 5.41) is 1.56. The quantitative estimate of drug-likeness (QED) is 0.157. The van der Waals surface area contributed by atoms with Gasteiger partial charge in [0, 0.05) is 5.75 Å². The molecule has 0 spiro atoms. The van der Waals surface area contributed by atoms with Gasteiger partial charge in [-0.3, -0.25) is 4.98 Å². The molecule has 0 aliphatic rings. The number of H-pyrrole nitrogens is 2. The van der Waals surface area contributed by atoms with Crippen molar-refractivity contribution in [1.82, 2.24) is 19.9 Å². The van der Waals surface area contributed by atoms with E-state index >= 15 is 0 Å². The zero-order valence-electron chi connectivity index (χ0n) is 16.6. The summed E-state index contributed by atoms with van der Waals surface area (Å²) in [4.78, 5) is 26.7. The fraction of sp³-hybridized carbons (Fsp3) is 0.261. The van der Waals surface area contributed by atoms with Crippen LogP contribution in [0.2, 0.25) is 0 Å². The Hall–Kier alpha value is -2.51. The monoisotopic (exact) mass is 436 g/mol. The zero-order valence-corrected chi connectivity index (χ0v) is 18.3. The molecular formula is C23H24N4OS2. The lowest BCUT2D eigenvalue weighted by Crippen LogP contribution is -1.99. The van der Waals surface area contributed by atoms with Gasteiger partial charge in [-0.25, -0.2) is 14.8 Å². The first-order valence-electron chi connectivity index (χ1n) is 10.1. The van der Waals surface area contributed by atoms with Crippen LogP contribution in [0.5, 0.6) is 0 Å². The predicted octanol–water partition coefficient (Wildman–Crippen LogP) is 5.10. The van der Waals surface area contributed by atoms with Crippen LogP contribution < -0.4 is 5.69 Å². The Morgan fingerprint density at radius 1 is 0.733 bits per heavy atom. The molecule has 4 aromatic rings. The van der Waals surface area contributed by atoms with Gasteiger partial charge in [0.2, 0.25) is 0 Å². The van der Waals surface area contributed by atoms with Gasteiger partial charge < -0.3 is 4.98 Å². The van der Waals surface area contributed by atoms with Crippen LogP contribution >= 0.6 is 23.5 Å². The average molecular weight is 437 g/mol. The maximum absolute atomic E-state index is 11.8. The highest BCUT2D eigenvalue weighted by Gasteiger charge is 2.12. The lowest BCUT2D eigenvalue weighted by molar-refractivity contribution is 0.896. The number of aromatic amines is 2. The number of nitrogens with zero attached hydrogens (tertiary/aromatic N) is 2. The van der Waals surface area contributed by atoms with Crippen molar-refractivity contribution in [1.29, 1.82) is 0 Å². The highest BCUT2D eigenvalue weighted by Crippen LogP contribution is 2.26. The Kier molecular flexibility index (Phi) is 7.26. The largest absolute Gasteiger partial charge is 0.325 e. The molecule has 5 nitrogen and oxygen atoms in total. The number of nitrogens with one attached hydrogen (secondary N) is 2. The van der Waals surface area contributed by atoms with Gasteiger partial charge in [0.05, 0.1) is 0 Å². The van der Waals surface area contributed by atoms with Gasteiger partial charge in [0.25, 0.3) is 0 Å². The molecule has 0 aliphatic heterocycles. The number of thioether (sulfide) groups is 2. The van der Waals surface area contributed by atoms with Crippen LogP contribution in [0.4, 0.5) is 0 Å². The van der Waals surface area contributed by atoms with Crippen LogP contribution in [-0.4, -0.2) is 31.4 Å². The van der Waals surface area contributed by atoms with E-state index in [0.29, 0.717) is 11.2 Å². The molecule has 4 rings (SSSR count). The molecule has 0 saturated heterocycles. The predicted molar refractivity (Wildman–Crippen MR) is 125 cm³/mol. The molecule has 30 heavy (non-hydrogen) atoms. The molecule has 2 aromatic heterocycles. The SMILES string of the molecule is O=c1[nH]c2nc(SCCCc3ccccc3)nc(SCCCc3ccccc3)c2[nH]1. The third kappa shape index (κ3) is 5.77. The standard InChI is InChI=1S/C23H24N4OS2/c28-22-24-19-20(25-22)26-23(30-16-8-14-18-11-5-2-6-12-18)27-21(19)29-15-7-13-17-9-3-1-4-10-17/h1-6,9-12H,7-8,13-16H2,(H2,24,25,26,27,28). The third-order valence-corrected chi connectivity index (χ3v) is 6.70. The number of fused-ring (bicyclic) bond motifs is 1. The maximum atomic E-state index is 11.8. The van der Waals surface area contributed by atoms with E-state index in [9.17, 15) is 4.79 Å². The van der Waals surface area contributed by atoms with E-state index in [4.69, 9.17) is 4.98 Å². The summed E-state index contributed by atoms with van der Waals surface area (Å²) >= 11 is 3.32. The van der Waals surface area contributed by atoms with Crippen molar-refractivity contribution in [2.45, 2.75) is 35.9 Å². The van der Waals surface area contributed by atoms with Crippen molar-refractivity contribution < 1.29 is 0 Å². The van der Waals surface area contributed by atoms with E-state index in [0.717, 1.165) is 47.4 Å². The number of rotatable bonds is 10.